The molecule has 0 spiro atoms. The molecule has 16 heavy (non-hydrogen) atoms. The molecule has 82 valence electrons. The van der Waals surface area contributed by atoms with Crippen molar-refractivity contribution in [1.82, 2.24) is 4.98 Å². The average molecular weight is 216 g/mol. The summed E-state index contributed by atoms with van der Waals surface area (Å²) in [5.74, 6) is 0.175. The van der Waals surface area contributed by atoms with Gasteiger partial charge in [0.15, 0.2) is 0 Å². The Kier molecular flexibility index (Phi) is 2.48. The second-order valence-corrected chi connectivity index (χ2v) is 3.74. The maximum atomic E-state index is 9.91. The van der Waals surface area contributed by atoms with E-state index in [1.165, 1.54) is 6.21 Å². The van der Waals surface area contributed by atoms with Gasteiger partial charge in [-0.15, -0.1) is 0 Å². The van der Waals surface area contributed by atoms with Crippen LogP contribution in [0.15, 0.2) is 23.4 Å². The molecule has 1 aromatic heterocycles. The van der Waals surface area contributed by atoms with E-state index in [2.05, 4.69) is 10.1 Å². The molecule has 0 amide bonds. The summed E-state index contributed by atoms with van der Waals surface area (Å²) in [7, 11) is 0. The highest BCUT2D eigenvalue weighted by Gasteiger charge is 2.08. The summed E-state index contributed by atoms with van der Waals surface area (Å²) in [6, 6.07) is 5.51. The Bertz CT molecular complexity index is 577. The molecule has 0 aliphatic rings. The SMILES string of the molecule is Cc1cc(C)c2ccc(/C=N/O)nc2c1O. The molecule has 2 aromatic rings. The molecule has 0 saturated heterocycles. The van der Waals surface area contributed by atoms with Gasteiger partial charge in [-0.25, -0.2) is 4.98 Å². The molecule has 1 heterocycles. The molecule has 0 atom stereocenters. The number of hydrogen-bond acceptors (Lipinski definition) is 4. The smallest absolute Gasteiger partial charge is 0.144 e. The lowest BCUT2D eigenvalue weighted by atomic mass is 10.0. The average Bonchev–Trinajstić information content (AvgIpc) is 2.26. The first-order valence-corrected chi connectivity index (χ1v) is 4.91. The maximum absolute atomic E-state index is 9.91. The van der Waals surface area contributed by atoms with E-state index in [1.54, 1.807) is 6.07 Å². The van der Waals surface area contributed by atoms with Gasteiger partial charge < -0.3 is 10.3 Å². The van der Waals surface area contributed by atoms with Crippen LogP contribution in [0.1, 0.15) is 16.8 Å². The molecule has 2 rings (SSSR count). The van der Waals surface area contributed by atoms with Crippen molar-refractivity contribution in [1.29, 1.82) is 0 Å². The molecule has 2 N–H and O–H groups in total. The number of rotatable bonds is 1. The fraction of sp³-hybridized carbons (Fsp3) is 0.167. The number of aryl methyl sites for hydroxylation is 2. The van der Waals surface area contributed by atoms with Gasteiger partial charge in [0, 0.05) is 5.39 Å². The van der Waals surface area contributed by atoms with Crippen LogP contribution in [0.5, 0.6) is 5.75 Å². The maximum Gasteiger partial charge on any atom is 0.144 e. The minimum atomic E-state index is 0.175. The first-order chi connectivity index (χ1) is 7.63. The van der Waals surface area contributed by atoms with Crippen molar-refractivity contribution in [3.63, 3.8) is 0 Å². The molecule has 0 bridgehead atoms. The standard InChI is InChI=1S/C12H12N2O2/c1-7-5-8(2)12(15)11-10(7)4-3-9(14-11)6-13-16/h3-6,15-16H,1-2H3/b13-6+. The fourth-order valence-corrected chi connectivity index (χ4v) is 1.76. The predicted molar refractivity (Wildman–Crippen MR) is 62.3 cm³/mol. The first kappa shape index (κ1) is 10.4. The van der Waals surface area contributed by atoms with Gasteiger partial charge in [0.1, 0.15) is 11.3 Å². The van der Waals surface area contributed by atoms with E-state index in [4.69, 9.17) is 5.21 Å². The Morgan fingerprint density at radius 2 is 2.00 bits per heavy atom. The van der Waals surface area contributed by atoms with Gasteiger partial charge in [0.2, 0.25) is 0 Å². The van der Waals surface area contributed by atoms with Crippen molar-refractivity contribution in [3.8, 4) is 5.75 Å². The lowest BCUT2D eigenvalue weighted by molar-refractivity contribution is 0.321. The van der Waals surface area contributed by atoms with E-state index in [0.717, 1.165) is 16.5 Å². The van der Waals surface area contributed by atoms with Crippen LogP contribution in [0.2, 0.25) is 0 Å². The molecule has 0 radical (unpaired) electrons. The van der Waals surface area contributed by atoms with Crippen LogP contribution >= 0.6 is 0 Å². The van der Waals surface area contributed by atoms with Gasteiger partial charge >= 0.3 is 0 Å². The van der Waals surface area contributed by atoms with Crippen molar-refractivity contribution >= 4 is 17.1 Å². The molecule has 4 nitrogen and oxygen atoms in total. The van der Waals surface area contributed by atoms with Crippen LogP contribution in [0.25, 0.3) is 10.9 Å². The van der Waals surface area contributed by atoms with Crippen LogP contribution in [-0.4, -0.2) is 21.5 Å². The zero-order chi connectivity index (χ0) is 11.7. The van der Waals surface area contributed by atoms with Gasteiger partial charge in [-0.1, -0.05) is 17.3 Å². The van der Waals surface area contributed by atoms with E-state index < -0.39 is 0 Å². The number of nitrogens with zero attached hydrogens (tertiary/aromatic N) is 2. The number of oxime groups is 1. The Morgan fingerprint density at radius 1 is 1.25 bits per heavy atom. The lowest BCUT2D eigenvalue weighted by Gasteiger charge is -2.07. The van der Waals surface area contributed by atoms with Gasteiger partial charge in [-0.05, 0) is 31.0 Å². The summed E-state index contributed by atoms with van der Waals surface area (Å²) < 4.78 is 0. The van der Waals surface area contributed by atoms with Crippen LogP contribution in [0, 0.1) is 13.8 Å². The molecule has 1 aromatic carbocycles. The zero-order valence-electron chi connectivity index (χ0n) is 9.10. The second-order valence-electron chi connectivity index (χ2n) is 3.74. The van der Waals surface area contributed by atoms with Crippen LogP contribution in [0.4, 0.5) is 0 Å². The molecule has 0 saturated carbocycles. The van der Waals surface area contributed by atoms with E-state index >= 15 is 0 Å². The first-order valence-electron chi connectivity index (χ1n) is 4.91. The summed E-state index contributed by atoms with van der Waals surface area (Å²) in [6.45, 7) is 3.80. The van der Waals surface area contributed by atoms with E-state index in [0.29, 0.717) is 11.2 Å². The fourth-order valence-electron chi connectivity index (χ4n) is 1.76. The third-order valence-electron chi connectivity index (χ3n) is 2.56. The quantitative estimate of drug-likeness (QED) is 0.437. The normalized spacial score (nSPS) is 11.4. The van der Waals surface area contributed by atoms with Crippen molar-refractivity contribution in [2.75, 3.05) is 0 Å². The minimum absolute atomic E-state index is 0.175. The topological polar surface area (TPSA) is 65.7 Å². The number of benzene rings is 1. The number of fused-ring (bicyclic) bond motifs is 1. The summed E-state index contributed by atoms with van der Waals surface area (Å²) >= 11 is 0. The van der Waals surface area contributed by atoms with Crippen molar-refractivity contribution in [3.05, 3.63) is 35.0 Å². The Hall–Kier alpha value is -2.10. The number of hydrogen-bond donors (Lipinski definition) is 2. The highest BCUT2D eigenvalue weighted by Crippen LogP contribution is 2.29. The summed E-state index contributed by atoms with van der Waals surface area (Å²) in [6.07, 6.45) is 1.23. The predicted octanol–water partition coefficient (Wildman–Crippen LogP) is 2.37. The van der Waals surface area contributed by atoms with Gasteiger partial charge in [0.05, 0.1) is 11.9 Å². The number of phenolic OH excluding ortho intramolecular Hbond substituents is 1. The molecule has 4 heteroatoms. The summed E-state index contributed by atoms with van der Waals surface area (Å²) in [5, 5.41) is 22.2. The van der Waals surface area contributed by atoms with E-state index in [1.807, 2.05) is 26.0 Å². The molecular weight excluding hydrogens is 204 g/mol. The van der Waals surface area contributed by atoms with Gasteiger partial charge in [0.25, 0.3) is 0 Å². The third-order valence-corrected chi connectivity index (χ3v) is 2.56. The number of pyridine rings is 1. The second kappa shape index (κ2) is 3.81. The third kappa shape index (κ3) is 1.58. The van der Waals surface area contributed by atoms with E-state index in [9.17, 15) is 5.11 Å². The van der Waals surface area contributed by atoms with Crippen molar-refractivity contribution in [2.45, 2.75) is 13.8 Å². The molecule has 0 aliphatic carbocycles. The molecule has 0 aliphatic heterocycles. The molecular formula is C12H12N2O2. The van der Waals surface area contributed by atoms with Gasteiger partial charge in [-0.2, -0.15) is 0 Å². The molecule has 0 unspecified atom stereocenters. The summed E-state index contributed by atoms with van der Waals surface area (Å²) in [4.78, 5) is 4.23. The Balaban J connectivity index is 2.81. The molecule has 0 fully saturated rings. The number of aromatic nitrogens is 1. The number of phenols is 1. The number of aromatic hydroxyl groups is 1. The highest BCUT2D eigenvalue weighted by atomic mass is 16.4. The zero-order valence-corrected chi connectivity index (χ0v) is 9.10. The largest absolute Gasteiger partial charge is 0.505 e. The minimum Gasteiger partial charge on any atom is -0.505 e. The van der Waals surface area contributed by atoms with Crippen molar-refractivity contribution in [2.24, 2.45) is 5.16 Å². The highest BCUT2D eigenvalue weighted by molar-refractivity contribution is 5.91. The Labute approximate surface area is 92.9 Å². The Morgan fingerprint density at radius 3 is 2.69 bits per heavy atom. The summed E-state index contributed by atoms with van der Waals surface area (Å²) in [5.41, 5.74) is 2.89. The van der Waals surface area contributed by atoms with E-state index in [-0.39, 0.29) is 5.75 Å². The van der Waals surface area contributed by atoms with Crippen molar-refractivity contribution < 1.29 is 10.3 Å². The van der Waals surface area contributed by atoms with Gasteiger partial charge in [-0.3, -0.25) is 0 Å². The van der Waals surface area contributed by atoms with Crippen LogP contribution < -0.4 is 0 Å². The monoisotopic (exact) mass is 216 g/mol. The van der Waals surface area contributed by atoms with Crippen LogP contribution in [-0.2, 0) is 0 Å². The lowest BCUT2D eigenvalue weighted by Crippen LogP contribution is -1.92. The van der Waals surface area contributed by atoms with Crippen LogP contribution in [0.3, 0.4) is 0 Å².